The van der Waals surface area contributed by atoms with Crippen LogP contribution in [0.2, 0.25) is 0 Å². The van der Waals surface area contributed by atoms with E-state index in [4.69, 9.17) is 10.5 Å². The molecule has 2 rings (SSSR count). The number of rotatable bonds is 5. The van der Waals surface area contributed by atoms with Crippen LogP contribution in [0.1, 0.15) is 5.56 Å². The number of aryl methyl sites for hydroxylation is 1. The van der Waals surface area contributed by atoms with Crippen molar-refractivity contribution in [1.82, 2.24) is 0 Å². The van der Waals surface area contributed by atoms with E-state index in [2.05, 4.69) is 18.3 Å². The van der Waals surface area contributed by atoms with Crippen molar-refractivity contribution < 1.29 is 4.74 Å². The van der Waals surface area contributed by atoms with Gasteiger partial charge in [0.15, 0.2) is 0 Å². The van der Waals surface area contributed by atoms with E-state index in [9.17, 15) is 0 Å². The second kappa shape index (κ2) is 5.96. The second-order valence-electron chi connectivity index (χ2n) is 4.22. The highest BCUT2D eigenvalue weighted by Crippen LogP contribution is 2.13. The Hall–Kier alpha value is -2.16. The monoisotopic (exact) mass is 242 g/mol. The third-order valence-corrected chi connectivity index (χ3v) is 2.58. The molecule has 3 nitrogen and oxygen atoms in total. The number of nitrogen functional groups attached to an aromatic ring is 1. The maximum atomic E-state index is 5.70. The number of benzene rings is 2. The van der Waals surface area contributed by atoms with Crippen molar-refractivity contribution in [3.8, 4) is 5.75 Å². The quantitative estimate of drug-likeness (QED) is 0.625. The number of nitrogens with one attached hydrogen (secondary N) is 1. The van der Waals surface area contributed by atoms with E-state index in [1.807, 2.05) is 42.5 Å². The topological polar surface area (TPSA) is 47.3 Å². The molecule has 0 atom stereocenters. The maximum Gasteiger partial charge on any atom is 0.119 e. The Morgan fingerprint density at radius 1 is 1.11 bits per heavy atom. The highest BCUT2D eigenvalue weighted by atomic mass is 16.5. The summed E-state index contributed by atoms with van der Waals surface area (Å²) in [6.07, 6.45) is 0. The second-order valence-corrected chi connectivity index (χ2v) is 4.22. The van der Waals surface area contributed by atoms with E-state index < -0.39 is 0 Å². The molecule has 0 amide bonds. The van der Waals surface area contributed by atoms with Crippen molar-refractivity contribution in [3.63, 3.8) is 0 Å². The van der Waals surface area contributed by atoms with Crippen LogP contribution in [0.25, 0.3) is 0 Å². The SMILES string of the molecule is Cc1cccc(OCCNc2cccc(N)c2)c1. The minimum Gasteiger partial charge on any atom is -0.492 e. The molecule has 0 saturated carbocycles. The first-order chi connectivity index (χ1) is 8.74. The Morgan fingerprint density at radius 2 is 1.94 bits per heavy atom. The van der Waals surface area contributed by atoms with Crippen LogP contribution in [0.4, 0.5) is 11.4 Å². The molecule has 0 spiro atoms. The molecule has 0 aliphatic rings. The lowest BCUT2D eigenvalue weighted by Crippen LogP contribution is -2.11. The van der Waals surface area contributed by atoms with E-state index in [1.165, 1.54) is 5.56 Å². The van der Waals surface area contributed by atoms with Crippen molar-refractivity contribution in [1.29, 1.82) is 0 Å². The molecular weight excluding hydrogens is 224 g/mol. The van der Waals surface area contributed by atoms with Gasteiger partial charge in [-0.1, -0.05) is 18.2 Å². The third-order valence-electron chi connectivity index (χ3n) is 2.58. The van der Waals surface area contributed by atoms with Crippen molar-refractivity contribution in [2.24, 2.45) is 0 Å². The van der Waals surface area contributed by atoms with Gasteiger partial charge in [-0.05, 0) is 42.8 Å². The number of ether oxygens (including phenoxy) is 1. The zero-order chi connectivity index (χ0) is 12.8. The summed E-state index contributed by atoms with van der Waals surface area (Å²) in [6.45, 7) is 3.42. The van der Waals surface area contributed by atoms with Gasteiger partial charge in [0.05, 0.1) is 0 Å². The molecule has 0 aliphatic carbocycles. The number of nitrogens with two attached hydrogens (primary N) is 1. The Balaban J connectivity index is 1.76. The Kier molecular flexibility index (Phi) is 4.07. The number of hydrogen-bond acceptors (Lipinski definition) is 3. The number of anilines is 2. The molecule has 0 aromatic heterocycles. The first-order valence-corrected chi connectivity index (χ1v) is 6.03. The van der Waals surface area contributed by atoms with Gasteiger partial charge in [-0.25, -0.2) is 0 Å². The Morgan fingerprint density at radius 3 is 2.72 bits per heavy atom. The Labute approximate surface area is 108 Å². The summed E-state index contributed by atoms with van der Waals surface area (Å²) >= 11 is 0. The van der Waals surface area contributed by atoms with Crippen LogP contribution < -0.4 is 15.8 Å². The van der Waals surface area contributed by atoms with Gasteiger partial charge in [-0.2, -0.15) is 0 Å². The molecule has 2 aromatic rings. The van der Waals surface area contributed by atoms with Gasteiger partial charge in [-0.3, -0.25) is 0 Å². The molecule has 0 heterocycles. The fraction of sp³-hybridized carbons (Fsp3) is 0.200. The smallest absolute Gasteiger partial charge is 0.119 e. The predicted molar refractivity (Wildman–Crippen MR) is 76.0 cm³/mol. The standard InChI is InChI=1S/C15H18N2O/c1-12-4-2-7-15(10-12)18-9-8-17-14-6-3-5-13(16)11-14/h2-7,10-11,17H,8-9,16H2,1H3. The van der Waals surface area contributed by atoms with E-state index in [0.717, 1.165) is 23.7 Å². The lowest BCUT2D eigenvalue weighted by Gasteiger charge is -2.09. The summed E-state index contributed by atoms with van der Waals surface area (Å²) in [6, 6.07) is 15.7. The van der Waals surface area contributed by atoms with E-state index in [-0.39, 0.29) is 0 Å². The largest absolute Gasteiger partial charge is 0.492 e. The van der Waals surface area contributed by atoms with Crippen LogP contribution in [-0.4, -0.2) is 13.2 Å². The minimum absolute atomic E-state index is 0.623. The molecule has 0 unspecified atom stereocenters. The summed E-state index contributed by atoms with van der Waals surface area (Å²) < 4.78 is 5.65. The zero-order valence-corrected chi connectivity index (χ0v) is 10.5. The summed E-state index contributed by atoms with van der Waals surface area (Å²) in [5.74, 6) is 0.907. The van der Waals surface area contributed by atoms with Crippen molar-refractivity contribution in [2.75, 3.05) is 24.2 Å². The molecule has 3 N–H and O–H groups in total. The minimum atomic E-state index is 0.623. The van der Waals surface area contributed by atoms with Crippen LogP contribution in [0.5, 0.6) is 5.75 Å². The summed E-state index contributed by atoms with van der Waals surface area (Å²) in [7, 11) is 0. The fourth-order valence-electron chi connectivity index (χ4n) is 1.72. The molecular formula is C15H18N2O. The average molecular weight is 242 g/mol. The molecule has 0 saturated heterocycles. The van der Waals surface area contributed by atoms with Gasteiger partial charge in [0.2, 0.25) is 0 Å². The molecule has 0 aliphatic heterocycles. The highest BCUT2D eigenvalue weighted by Gasteiger charge is 1.95. The van der Waals surface area contributed by atoms with Crippen LogP contribution in [-0.2, 0) is 0 Å². The van der Waals surface area contributed by atoms with Gasteiger partial charge >= 0.3 is 0 Å². The van der Waals surface area contributed by atoms with E-state index in [0.29, 0.717) is 6.61 Å². The van der Waals surface area contributed by atoms with Gasteiger partial charge in [0.25, 0.3) is 0 Å². The molecule has 0 fully saturated rings. The van der Waals surface area contributed by atoms with Crippen molar-refractivity contribution >= 4 is 11.4 Å². The lowest BCUT2D eigenvalue weighted by atomic mass is 10.2. The average Bonchev–Trinajstić information content (AvgIpc) is 2.35. The van der Waals surface area contributed by atoms with E-state index in [1.54, 1.807) is 0 Å². The van der Waals surface area contributed by atoms with E-state index >= 15 is 0 Å². The van der Waals surface area contributed by atoms with Gasteiger partial charge in [-0.15, -0.1) is 0 Å². The molecule has 0 radical (unpaired) electrons. The molecule has 0 bridgehead atoms. The first-order valence-electron chi connectivity index (χ1n) is 6.03. The predicted octanol–water partition coefficient (Wildman–Crippen LogP) is 3.07. The van der Waals surface area contributed by atoms with Gasteiger partial charge in [0.1, 0.15) is 12.4 Å². The van der Waals surface area contributed by atoms with Crippen molar-refractivity contribution in [2.45, 2.75) is 6.92 Å². The lowest BCUT2D eigenvalue weighted by molar-refractivity contribution is 0.332. The van der Waals surface area contributed by atoms with Crippen LogP contribution in [0, 0.1) is 6.92 Å². The zero-order valence-electron chi connectivity index (χ0n) is 10.5. The molecule has 18 heavy (non-hydrogen) atoms. The summed E-state index contributed by atoms with van der Waals surface area (Å²) in [5, 5.41) is 3.27. The molecule has 94 valence electrons. The molecule has 2 aromatic carbocycles. The van der Waals surface area contributed by atoms with Gasteiger partial charge in [0, 0.05) is 17.9 Å². The van der Waals surface area contributed by atoms with Crippen LogP contribution in [0.15, 0.2) is 48.5 Å². The van der Waals surface area contributed by atoms with Gasteiger partial charge < -0.3 is 15.8 Å². The van der Waals surface area contributed by atoms with Crippen LogP contribution >= 0.6 is 0 Å². The third kappa shape index (κ3) is 3.70. The summed E-state index contributed by atoms with van der Waals surface area (Å²) in [5.41, 5.74) is 8.68. The highest BCUT2D eigenvalue weighted by molar-refractivity contribution is 5.53. The fourth-order valence-corrected chi connectivity index (χ4v) is 1.72. The summed E-state index contributed by atoms with van der Waals surface area (Å²) in [4.78, 5) is 0. The normalized spacial score (nSPS) is 10.1. The molecule has 3 heteroatoms. The van der Waals surface area contributed by atoms with Crippen LogP contribution in [0.3, 0.4) is 0 Å². The van der Waals surface area contributed by atoms with Crippen molar-refractivity contribution in [3.05, 3.63) is 54.1 Å². The number of hydrogen-bond donors (Lipinski definition) is 2. The maximum absolute atomic E-state index is 5.70. The first kappa shape index (κ1) is 12.3. The Bertz CT molecular complexity index is 464.